The molecule has 0 unspecified atom stereocenters. The average molecular weight is 426 g/mol. The average Bonchev–Trinajstić information content (AvgIpc) is 2.91. The van der Waals surface area contributed by atoms with E-state index in [1.54, 1.807) is 0 Å². The first-order valence-corrected chi connectivity index (χ1v) is 11.0. The maximum atomic E-state index is 13.2. The molecule has 2 nitrogen and oxygen atoms in total. The van der Waals surface area contributed by atoms with Gasteiger partial charge < -0.3 is 4.90 Å². The van der Waals surface area contributed by atoms with Crippen molar-refractivity contribution < 1.29 is 4.79 Å². The molecule has 2 heteroatoms. The lowest BCUT2D eigenvalue weighted by atomic mass is 9.98. The van der Waals surface area contributed by atoms with E-state index in [-0.39, 0.29) is 5.78 Å². The quantitative estimate of drug-likeness (QED) is 0.256. The highest BCUT2D eigenvalue weighted by Gasteiger charge is 2.14. The summed E-state index contributed by atoms with van der Waals surface area (Å²) in [5.41, 5.74) is 6.64. The molecule has 0 fully saturated rings. The molecular formula is C31H23NO. The summed E-state index contributed by atoms with van der Waals surface area (Å²) < 4.78 is 0. The molecule has 0 aliphatic carbocycles. The van der Waals surface area contributed by atoms with Gasteiger partial charge in [0.25, 0.3) is 0 Å². The van der Waals surface area contributed by atoms with Crippen LogP contribution in [-0.2, 0) is 0 Å². The molecule has 0 aliphatic heterocycles. The fourth-order valence-electron chi connectivity index (χ4n) is 4.00. The maximum Gasteiger partial charge on any atom is 0.193 e. The van der Waals surface area contributed by atoms with Crippen LogP contribution in [0.25, 0.3) is 11.1 Å². The highest BCUT2D eigenvalue weighted by atomic mass is 16.1. The number of ketones is 1. The van der Waals surface area contributed by atoms with Crippen LogP contribution in [0.4, 0.5) is 17.1 Å². The number of rotatable bonds is 6. The number of hydrogen-bond acceptors (Lipinski definition) is 2. The highest BCUT2D eigenvalue weighted by Crippen LogP contribution is 2.34. The minimum atomic E-state index is 0.0188. The van der Waals surface area contributed by atoms with Crippen molar-refractivity contribution in [3.8, 4) is 11.1 Å². The molecule has 0 heterocycles. The summed E-state index contributed by atoms with van der Waals surface area (Å²) in [5.74, 6) is 0.0188. The van der Waals surface area contributed by atoms with E-state index in [1.165, 1.54) is 0 Å². The Labute approximate surface area is 194 Å². The van der Waals surface area contributed by atoms with Gasteiger partial charge in [0.05, 0.1) is 0 Å². The first-order chi connectivity index (χ1) is 16.3. The summed E-state index contributed by atoms with van der Waals surface area (Å²) in [7, 11) is 0. The van der Waals surface area contributed by atoms with Crippen LogP contribution in [0, 0.1) is 0 Å². The van der Waals surface area contributed by atoms with E-state index in [2.05, 4.69) is 41.3 Å². The Morgan fingerprint density at radius 2 is 0.909 bits per heavy atom. The maximum absolute atomic E-state index is 13.2. The molecule has 5 aromatic carbocycles. The Kier molecular flexibility index (Phi) is 5.81. The molecule has 0 saturated heterocycles. The summed E-state index contributed by atoms with van der Waals surface area (Å²) >= 11 is 0. The van der Waals surface area contributed by atoms with Crippen LogP contribution in [0.3, 0.4) is 0 Å². The van der Waals surface area contributed by atoms with E-state index in [0.29, 0.717) is 11.1 Å². The molecule has 0 bridgehead atoms. The SMILES string of the molecule is O=C(c1ccc(N(c2ccccc2)c2ccccc2)cc1)c1cccc(-c2ccccc2)c1. The third-order valence-electron chi connectivity index (χ3n) is 5.65. The van der Waals surface area contributed by atoms with Gasteiger partial charge in [0.1, 0.15) is 0 Å². The topological polar surface area (TPSA) is 20.3 Å². The number of nitrogens with zero attached hydrogens (tertiary/aromatic N) is 1. The molecule has 0 amide bonds. The second kappa shape index (κ2) is 9.37. The van der Waals surface area contributed by atoms with Crippen molar-refractivity contribution in [2.24, 2.45) is 0 Å². The number of benzene rings is 5. The summed E-state index contributed by atoms with van der Waals surface area (Å²) in [6, 6.07) is 46.3. The molecule has 0 N–H and O–H groups in total. The van der Waals surface area contributed by atoms with Crippen LogP contribution in [0.2, 0.25) is 0 Å². The van der Waals surface area contributed by atoms with Gasteiger partial charge in [0.2, 0.25) is 0 Å². The molecular weight excluding hydrogens is 402 g/mol. The van der Waals surface area contributed by atoms with Crippen LogP contribution in [0.5, 0.6) is 0 Å². The zero-order chi connectivity index (χ0) is 22.5. The monoisotopic (exact) mass is 425 g/mol. The Morgan fingerprint density at radius 3 is 1.48 bits per heavy atom. The standard InChI is InChI=1S/C31H23NO/c33-31(27-14-10-13-26(23-27)24-11-4-1-5-12-24)25-19-21-30(22-20-25)32(28-15-6-2-7-16-28)29-17-8-3-9-18-29/h1-23H. The van der Waals surface area contributed by atoms with Gasteiger partial charge in [-0.2, -0.15) is 0 Å². The van der Waals surface area contributed by atoms with Gasteiger partial charge in [-0.1, -0.05) is 84.9 Å². The lowest BCUT2D eigenvalue weighted by molar-refractivity contribution is 0.103. The molecule has 0 aliphatic rings. The Morgan fingerprint density at radius 1 is 0.424 bits per heavy atom. The summed E-state index contributed by atoms with van der Waals surface area (Å²) in [6.07, 6.45) is 0. The summed E-state index contributed by atoms with van der Waals surface area (Å²) in [6.45, 7) is 0. The van der Waals surface area contributed by atoms with E-state index in [1.807, 2.05) is 103 Å². The van der Waals surface area contributed by atoms with Crippen molar-refractivity contribution >= 4 is 22.8 Å². The highest BCUT2D eigenvalue weighted by molar-refractivity contribution is 6.09. The lowest BCUT2D eigenvalue weighted by Crippen LogP contribution is -2.10. The van der Waals surface area contributed by atoms with Crippen LogP contribution >= 0.6 is 0 Å². The zero-order valence-corrected chi connectivity index (χ0v) is 18.1. The second-order valence-corrected chi connectivity index (χ2v) is 7.83. The predicted octanol–water partition coefficient (Wildman–Crippen LogP) is 8.05. The van der Waals surface area contributed by atoms with Gasteiger partial charge in [0, 0.05) is 28.2 Å². The minimum Gasteiger partial charge on any atom is -0.311 e. The van der Waals surface area contributed by atoms with E-state index >= 15 is 0 Å². The number of carbonyl (C=O) groups excluding carboxylic acids is 1. The Balaban J connectivity index is 1.46. The van der Waals surface area contributed by atoms with Gasteiger partial charge in [-0.3, -0.25) is 4.79 Å². The Hall–Kier alpha value is -4.43. The Bertz CT molecular complexity index is 1310. The van der Waals surface area contributed by atoms with Crippen molar-refractivity contribution in [2.45, 2.75) is 0 Å². The van der Waals surface area contributed by atoms with Crippen LogP contribution < -0.4 is 4.90 Å². The second-order valence-electron chi connectivity index (χ2n) is 7.83. The van der Waals surface area contributed by atoms with Gasteiger partial charge in [-0.25, -0.2) is 0 Å². The number of hydrogen-bond donors (Lipinski definition) is 0. The van der Waals surface area contributed by atoms with Crippen molar-refractivity contribution in [3.63, 3.8) is 0 Å². The molecule has 0 spiro atoms. The van der Waals surface area contributed by atoms with Crippen molar-refractivity contribution in [1.82, 2.24) is 0 Å². The van der Waals surface area contributed by atoms with E-state index in [0.717, 1.165) is 28.2 Å². The normalized spacial score (nSPS) is 10.5. The third-order valence-corrected chi connectivity index (χ3v) is 5.65. The van der Waals surface area contributed by atoms with Gasteiger partial charge in [-0.15, -0.1) is 0 Å². The zero-order valence-electron chi connectivity index (χ0n) is 18.1. The van der Waals surface area contributed by atoms with Crippen LogP contribution in [0.1, 0.15) is 15.9 Å². The van der Waals surface area contributed by atoms with Gasteiger partial charge in [-0.05, 0) is 65.7 Å². The summed E-state index contributed by atoms with van der Waals surface area (Å²) in [5, 5.41) is 0. The fourth-order valence-corrected chi connectivity index (χ4v) is 4.00. The lowest BCUT2D eigenvalue weighted by Gasteiger charge is -2.25. The van der Waals surface area contributed by atoms with Crippen molar-refractivity contribution in [3.05, 3.63) is 151 Å². The number of anilines is 3. The number of para-hydroxylation sites is 2. The molecule has 0 radical (unpaired) electrons. The molecule has 5 aromatic rings. The molecule has 158 valence electrons. The van der Waals surface area contributed by atoms with Crippen LogP contribution in [-0.4, -0.2) is 5.78 Å². The van der Waals surface area contributed by atoms with E-state index in [4.69, 9.17) is 0 Å². The molecule has 5 rings (SSSR count). The smallest absolute Gasteiger partial charge is 0.193 e. The minimum absolute atomic E-state index is 0.0188. The van der Waals surface area contributed by atoms with Crippen LogP contribution in [0.15, 0.2) is 140 Å². The third kappa shape index (κ3) is 4.46. The predicted molar refractivity (Wildman–Crippen MR) is 136 cm³/mol. The molecule has 33 heavy (non-hydrogen) atoms. The van der Waals surface area contributed by atoms with E-state index < -0.39 is 0 Å². The van der Waals surface area contributed by atoms with Gasteiger partial charge >= 0.3 is 0 Å². The van der Waals surface area contributed by atoms with E-state index in [9.17, 15) is 4.79 Å². The van der Waals surface area contributed by atoms with Crippen molar-refractivity contribution in [1.29, 1.82) is 0 Å². The van der Waals surface area contributed by atoms with Crippen molar-refractivity contribution in [2.75, 3.05) is 4.90 Å². The molecule has 0 aromatic heterocycles. The first kappa shape index (κ1) is 20.5. The largest absolute Gasteiger partial charge is 0.311 e. The molecule has 0 atom stereocenters. The summed E-state index contributed by atoms with van der Waals surface area (Å²) in [4.78, 5) is 15.4. The molecule has 0 saturated carbocycles. The van der Waals surface area contributed by atoms with Gasteiger partial charge in [0.15, 0.2) is 5.78 Å². The number of carbonyl (C=O) groups is 1. The fraction of sp³-hybridized carbons (Fsp3) is 0. The first-order valence-electron chi connectivity index (χ1n) is 11.0.